The molecule has 3 atom stereocenters. The molecule has 9 nitrogen and oxygen atoms in total. The number of alkyl carbamates (subject to hydrolysis) is 1. The lowest BCUT2D eigenvalue weighted by molar-refractivity contribution is -0.169. The number of carbonyl (C=O) groups excluding carboxylic acids is 2. The zero-order valence-corrected chi connectivity index (χ0v) is 31.6. The first-order valence-electron chi connectivity index (χ1n) is 17.4. The van der Waals surface area contributed by atoms with E-state index in [1.807, 2.05) is 74.5 Å². The van der Waals surface area contributed by atoms with Crippen molar-refractivity contribution in [1.29, 1.82) is 0 Å². The normalized spacial score (nSPS) is 17.8. The molecule has 0 bridgehead atoms. The molecule has 11 heteroatoms. The SMILES string of the molecule is CCC[C@@](O)(C(=O)O)[C@H](C=CCCCCCNC(=O)OCC[Si](C)(C)C)C(=O)N1C(=S)OC(c2ccccc2)(c2ccccc2)C1C(C)C. The number of nitrogens with one attached hydrogen (secondary N) is 1. The molecule has 0 saturated carbocycles. The van der Waals surface area contributed by atoms with Crippen LogP contribution in [0.3, 0.4) is 0 Å². The number of hydrogen-bond donors (Lipinski definition) is 3. The second-order valence-corrected chi connectivity index (χ2v) is 20.3. The summed E-state index contributed by atoms with van der Waals surface area (Å²) in [7, 11) is -1.27. The molecule has 3 rings (SSSR count). The number of allylic oxidation sites excluding steroid dienone is 1. The molecule has 1 aliphatic heterocycles. The molecular weight excluding hydrogens is 657 g/mol. The number of carbonyl (C=O) groups is 3. The van der Waals surface area contributed by atoms with Gasteiger partial charge in [-0.3, -0.25) is 9.69 Å². The second-order valence-electron chi connectivity index (χ2n) is 14.3. The van der Waals surface area contributed by atoms with E-state index in [-0.39, 0.29) is 17.5 Å². The van der Waals surface area contributed by atoms with Gasteiger partial charge in [0.2, 0.25) is 5.91 Å². The molecular formula is C38H54N2O7SSi. The van der Waals surface area contributed by atoms with Gasteiger partial charge >= 0.3 is 12.1 Å². The van der Waals surface area contributed by atoms with E-state index in [1.165, 1.54) is 11.0 Å². The molecule has 0 aliphatic carbocycles. The number of aliphatic carboxylic acids is 1. The summed E-state index contributed by atoms with van der Waals surface area (Å²) in [5.74, 6) is -3.68. The first-order chi connectivity index (χ1) is 23.2. The fourth-order valence-electron chi connectivity index (χ4n) is 6.39. The number of carboxylic acid groups (broad SMARTS) is 1. The average Bonchev–Trinajstić information content (AvgIpc) is 3.38. The predicted molar refractivity (Wildman–Crippen MR) is 199 cm³/mol. The smallest absolute Gasteiger partial charge is 0.407 e. The van der Waals surface area contributed by atoms with E-state index < -0.39 is 49.2 Å². The molecule has 268 valence electrons. The zero-order valence-electron chi connectivity index (χ0n) is 29.8. The van der Waals surface area contributed by atoms with Crippen molar-refractivity contribution in [2.75, 3.05) is 13.2 Å². The highest BCUT2D eigenvalue weighted by Crippen LogP contribution is 2.48. The van der Waals surface area contributed by atoms with E-state index in [2.05, 4.69) is 25.0 Å². The maximum absolute atomic E-state index is 14.7. The van der Waals surface area contributed by atoms with Gasteiger partial charge in [-0.05, 0) is 49.9 Å². The van der Waals surface area contributed by atoms with Crippen molar-refractivity contribution in [3.8, 4) is 0 Å². The topological polar surface area (TPSA) is 125 Å². The van der Waals surface area contributed by atoms with Crippen LogP contribution in [0.25, 0.3) is 0 Å². The van der Waals surface area contributed by atoms with Crippen molar-refractivity contribution < 1.29 is 34.1 Å². The van der Waals surface area contributed by atoms with E-state index in [9.17, 15) is 24.6 Å². The van der Waals surface area contributed by atoms with Crippen LogP contribution in [0, 0.1) is 11.8 Å². The van der Waals surface area contributed by atoms with Crippen LogP contribution >= 0.6 is 12.2 Å². The first kappa shape index (κ1) is 39.9. The molecule has 1 unspecified atom stereocenters. The van der Waals surface area contributed by atoms with Crippen molar-refractivity contribution in [3.05, 3.63) is 83.9 Å². The minimum atomic E-state index is -2.36. The Morgan fingerprint density at radius 2 is 1.63 bits per heavy atom. The zero-order chi connectivity index (χ0) is 36.2. The van der Waals surface area contributed by atoms with Gasteiger partial charge in [0.1, 0.15) is 0 Å². The number of rotatable bonds is 18. The van der Waals surface area contributed by atoms with Crippen molar-refractivity contribution in [1.82, 2.24) is 10.2 Å². The number of benzene rings is 2. The van der Waals surface area contributed by atoms with E-state index in [0.717, 1.165) is 36.4 Å². The van der Waals surface area contributed by atoms with Crippen molar-refractivity contribution in [2.24, 2.45) is 11.8 Å². The molecule has 3 N–H and O–H groups in total. The van der Waals surface area contributed by atoms with Gasteiger partial charge in [-0.2, -0.15) is 0 Å². The Labute approximate surface area is 298 Å². The van der Waals surface area contributed by atoms with Crippen LogP contribution in [0.5, 0.6) is 0 Å². The number of carboxylic acids is 1. The van der Waals surface area contributed by atoms with E-state index in [4.69, 9.17) is 21.7 Å². The number of thiocarbonyl (C=S) groups is 1. The fourth-order valence-corrected chi connectivity index (χ4v) is 7.44. The second kappa shape index (κ2) is 17.9. The summed E-state index contributed by atoms with van der Waals surface area (Å²) in [5.41, 5.74) is -1.90. The molecule has 0 spiro atoms. The molecule has 2 aromatic carbocycles. The van der Waals surface area contributed by atoms with Crippen LogP contribution in [-0.2, 0) is 24.7 Å². The van der Waals surface area contributed by atoms with Crippen molar-refractivity contribution >= 4 is 43.4 Å². The van der Waals surface area contributed by atoms with Gasteiger partial charge in [0.05, 0.1) is 18.6 Å². The minimum absolute atomic E-state index is 0.0643. The van der Waals surface area contributed by atoms with E-state index in [0.29, 0.717) is 26.0 Å². The number of ether oxygens (including phenoxy) is 2. The van der Waals surface area contributed by atoms with Crippen LogP contribution < -0.4 is 5.32 Å². The maximum atomic E-state index is 14.7. The molecule has 1 heterocycles. The largest absolute Gasteiger partial charge is 0.479 e. The van der Waals surface area contributed by atoms with Crippen molar-refractivity contribution in [3.63, 3.8) is 0 Å². The van der Waals surface area contributed by atoms with E-state index in [1.54, 1.807) is 13.0 Å². The lowest BCUT2D eigenvalue weighted by atomic mass is 9.75. The molecule has 2 aromatic rings. The van der Waals surface area contributed by atoms with Crippen LogP contribution in [0.2, 0.25) is 25.7 Å². The molecule has 0 aromatic heterocycles. The van der Waals surface area contributed by atoms with Gasteiger partial charge in [0, 0.05) is 25.7 Å². The molecule has 1 aliphatic rings. The van der Waals surface area contributed by atoms with Crippen LogP contribution in [0.1, 0.15) is 70.4 Å². The number of unbranched alkanes of at least 4 members (excludes halogenated alkanes) is 3. The van der Waals surface area contributed by atoms with Crippen LogP contribution in [-0.4, -0.2) is 71.1 Å². The quantitative estimate of drug-likeness (QED) is 0.0629. The molecule has 1 saturated heterocycles. The van der Waals surface area contributed by atoms with Gasteiger partial charge in [-0.15, -0.1) is 0 Å². The Morgan fingerprint density at radius 1 is 1.04 bits per heavy atom. The number of nitrogens with zero attached hydrogens (tertiary/aromatic N) is 1. The van der Waals surface area contributed by atoms with Gasteiger partial charge in [-0.1, -0.05) is 126 Å². The van der Waals surface area contributed by atoms with Crippen LogP contribution in [0.4, 0.5) is 4.79 Å². The lowest BCUT2D eigenvalue weighted by Crippen LogP contribution is -2.56. The summed E-state index contributed by atoms with van der Waals surface area (Å²) >= 11 is 5.78. The summed E-state index contributed by atoms with van der Waals surface area (Å²) < 4.78 is 11.9. The molecule has 1 fully saturated rings. The fraction of sp³-hybridized carbons (Fsp3) is 0.526. The molecule has 0 radical (unpaired) electrons. The standard InChI is InChI=1S/C38H54N2O7SSi/c1-7-24-37(45,34(42)43)31(23-17-9-8-10-18-25-39-35(44)46-26-27-49(4,5)6)33(41)40-32(28(2)3)38(47-36(40)48,29-19-13-11-14-20-29)30-21-15-12-16-22-30/h11-17,19-23,28,31-32,45H,7-10,18,24-27H2,1-6H3,(H,39,44)(H,42,43)/t31-,32?,37+/m1/s1. The highest BCUT2D eigenvalue weighted by atomic mass is 32.1. The Kier molecular flexibility index (Phi) is 14.6. The average molecular weight is 711 g/mol. The summed E-state index contributed by atoms with van der Waals surface area (Å²) in [6, 6.07) is 19.5. The highest BCUT2D eigenvalue weighted by molar-refractivity contribution is 7.80. The molecule has 2 amide bonds. The summed E-state index contributed by atoms with van der Waals surface area (Å²) in [5, 5.41) is 24.7. The highest BCUT2D eigenvalue weighted by Gasteiger charge is 2.60. The first-order valence-corrected chi connectivity index (χ1v) is 21.5. The number of hydrogen-bond acceptors (Lipinski definition) is 7. The van der Waals surface area contributed by atoms with Crippen molar-refractivity contribution in [2.45, 2.75) is 102 Å². The summed E-state index contributed by atoms with van der Waals surface area (Å²) in [4.78, 5) is 40.7. The Balaban J connectivity index is 1.82. The molecule has 49 heavy (non-hydrogen) atoms. The maximum Gasteiger partial charge on any atom is 0.407 e. The third-order valence-corrected chi connectivity index (χ3v) is 10.9. The Bertz CT molecular complexity index is 1390. The lowest BCUT2D eigenvalue weighted by Gasteiger charge is -2.39. The van der Waals surface area contributed by atoms with Crippen LogP contribution in [0.15, 0.2) is 72.8 Å². The Hall–Kier alpha value is -3.54. The number of amides is 2. The van der Waals surface area contributed by atoms with E-state index >= 15 is 0 Å². The van der Waals surface area contributed by atoms with Gasteiger partial charge < -0.3 is 25.0 Å². The minimum Gasteiger partial charge on any atom is -0.479 e. The van der Waals surface area contributed by atoms with Gasteiger partial charge in [0.25, 0.3) is 5.17 Å². The predicted octanol–water partition coefficient (Wildman–Crippen LogP) is 7.51. The Morgan fingerprint density at radius 3 is 2.14 bits per heavy atom. The monoisotopic (exact) mass is 710 g/mol. The van der Waals surface area contributed by atoms with Gasteiger partial charge in [-0.25, -0.2) is 9.59 Å². The summed E-state index contributed by atoms with van der Waals surface area (Å²) in [6.07, 6.45) is 5.93. The summed E-state index contributed by atoms with van der Waals surface area (Å²) in [6.45, 7) is 13.3. The third-order valence-electron chi connectivity index (χ3n) is 8.93. The third kappa shape index (κ3) is 10.0. The number of aliphatic hydroxyl groups is 1. The van der Waals surface area contributed by atoms with Gasteiger partial charge in [0.15, 0.2) is 11.2 Å².